The minimum atomic E-state index is -0.0859. The molecular weight excluding hydrogens is 432 g/mol. The van der Waals surface area contributed by atoms with Crippen LogP contribution in [0.4, 0.5) is 0 Å². The van der Waals surface area contributed by atoms with Gasteiger partial charge in [0.2, 0.25) is 5.91 Å². The highest BCUT2D eigenvalue weighted by molar-refractivity contribution is 7.17. The van der Waals surface area contributed by atoms with Crippen LogP contribution in [0.15, 0.2) is 48.8 Å². The molecule has 0 aliphatic carbocycles. The van der Waals surface area contributed by atoms with E-state index in [0.717, 1.165) is 34.7 Å². The summed E-state index contributed by atoms with van der Waals surface area (Å²) in [7, 11) is 0. The summed E-state index contributed by atoms with van der Waals surface area (Å²) in [6.07, 6.45) is 5.15. The van der Waals surface area contributed by atoms with Gasteiger partial charge in [-0.1, -0.05) is 42.8 Å². The molecule has 1 atom stereocenters. The van der Waals surface area contributed by atoms with Crippen LogP contribution in [0, 0.1) is 25.7 Å². The lowest BCUT2D eigenvalue weighted by atomic mass is 9.84. The largest absolute Gasteiger partial charge is 0.352 e. The first-order valence-corrected chi connectivity index (χ1v) is 12.2. The van der Waals surface area contributed by atoms with E-state index in [9.17, 15) is 9.59 Å². The number of likely N-dealkylation sites (tertiary alicyclic amines) is 1. The number of thiazole rings is 1. The Balaban J connectivity index is 1.32. The number of piperidine rings is 1. The van der Waals surface area contributed by atoms with Crippen LogP contribution in [-0.2, 0) is 11.3 Å². The van der Waals surface area contributed by atoms with E-state index in [1.807, 2.05) is 43.0 Å². The van der Waals surface area contributed by atoms with Crippen LogP contribution in [0.25, 0.3) is 10.6 Å². The van der Waals surface area contributed by atoms with Crippen molar-refractivity contribution in [1.82, 2.24) is 20.2 Å². The molecule has 1 fully saturated rings. The summed E-state index contributed by atoms with van der Waals surface area (Å²) in [6.45, 7) is 7.77. The molecular formula is C26H30N4O2S. The third-order valence-electron chi connectivity index (χ3n) is 6.43. The maximum absolute atomic E-state index is 13.2. The lowest BCUT2D eigenvalue weighted by Gasteiger charge is -2.34. The predicted octanol–water partition coefficient (Wildman–Crippen LogP) is 4.63. The number of amides is 2. The van der Waals surface area contributed by atoms with Crippen molar-refractivity contribution in [2.45, 2.75) is 40.2 Å². The summed E-state index contributed by atoms with van der Waals surface area (Å²) in [5, 5.41) is 3.90. The van der Waals surface area contributed by atoms with Gasteiger partial charge < -0.3 is 10.2 Å². The number of rotatable bonds is 6. The fourth-order valence-electron chi connectivity index (χ4n) is 4.23. The van der Waals surface area contributed by atoms with Gasteiger partial charge in [-0.25, -0.2) is 4.98 Å². The number of nitrogens with one attached hydrogen (secondary N) is 1. The van der Waals surface area contributed by atoms with E-state index < -0.39 is 0 Å². The van der Waals surface area contributed by atoms with Crippen molar-refractivity contribution in [3.63, 3.8) is 0 Å². The Morgan fingerprint density at radius 2 is 1.88 bits per heavy atom. The SMILES string of the molecule is Cc1ccc(-c2nc(C)c(C(=O)N3CCC([C@@H](C)C(=O)NCc4cccnc4)CC3)s2)cc1. The Morgan fingerprint density at radius 1 is 1.15 bits per heavy atom. The number of hydrogen-bond acceptors (Lipinski definition) is 5. The highest BCUT2D eigenvalue weighted by Gasteiger charge is 2.31. The number of carbonyl (C=O) groups is 2. The predicted molar refractivity (Wildman–Crippen MR) is 131 cm³/mol. The van der Waals surface area contributed by atoms with E-state index in [2.05, 4.69) is 34.3 Å². The van der Waals surface area contributed by atoms with Crippen molar-refractivity contribution >= 4 is 23.2 Å². The summed E-state index contributed by atoms with van der Waals surface area (Å²) in [5.74, 6) is 0.297. The second-order valence-corrected chi connectivity index (χ2v) is 9.80. The molecule has 33 heavy (non-hydrogen) atoms. The van der Waals surface area contributed by atoms with Crippen molar-refractivity contribution in [3.8, 4) is 10.6 Å². The summed E-state index contributed by atoms with van der Waals surface area (Å²) >= 11 is 1.47. The van der Waals surface area contributed by atoms with Gasteiger partial charge in [0.1, 0.15) is 9.88 Å². The van der Waals surface area contributed by atoms with E-state index in [1.54, 1.807) is 12.4 Å². The first kappa shape index (κ1) is 23.1. The molecule has 0 spiro atoms. The Kier molecular flexibility index (Phi) is 7.18. The Labute approximate surface area is 199 Å². The van der Waals surface area contributed by atoms with Crippen LogP contribution in [0.1, 0.15) is 46.3 Å². The quantitative estimate of drug-likeness (QED) is 0.580. The first-order chi connectivity index (χ1) is 15.9. The number of aromatic nitrogens is 2. The van der Waals surface area contributed by atoms with Gasteiger partial charge in [0, 0.05) is 43.5 Å². The summed E-state index contributed by atoms with van der Waals surface area (Å²) in [4.78, 5) is 37.2. The molecule has 0 radical (unpaired) electrons. The zero-order valence-corrected chi connectivity index (χ0v) is 20.2. The van der Waals surface area contributed by atoms with Gasteiger partial charge in [-0.05, 0) is 44.2 Å². The minimum Gasteiger partial charge on any atom is -0.352 e. The lowest BCUT2D eigenvalue weighted by molar-refractivity contribution is -0.126. The molecule has 6 nitrogen and oxygen atoms in total. The monoisotopic (exact) mass is 462 g/mol. The highest BCUT2D eigenvalue weighted by Crippen LogP contribution is 2.31. The van der Waals surface area contributed by atoms with Crippen molar-refractivity contribution in [3.05, 3.63) is 70.5 Å². The van der Waals surface area contributed by atoms with Gasteiger partial charge in [-0.15, -0.1) is 11.3 Å². The molecule has 7 heteroatoms. The highest BCUT2D eigenvalue weighted by atomic mass is 32.1. The third kappa shape index (κ3) is 5.47. The number of nitrogens with zero attached hydrogens (tertiary/aromatic N) is 3. The second kappa shape index (κ2) is 10.3. The fourth-order valence-corrected chi connectivity index (χ4v) is 5.27. The summed E-state index contributed by atoms with van der Waals surface area (Å²) in [6, 6.07) is 12.0. The van der Waals surface area contributed by atoms with Crippen molar-refractivity contribution < 1.29 is 9.59 Å². The third-order valence-corrected chi connectivity index (χ3v) is 7.62. The van der Waals surface area contributed by atoms with Gasteiger partial charge in [-0.3, -0.25) is 14.6 Å². The maximum atomic E-state index is 13.2. The van der Waals surface area contributed by atoms with E-state index in [4.69, 9.17) is 0 Å². The minimum absolute atomic E-state index is 0.0514. The van der Waals surface area contributed by atoms with Gasteiger partial charge >= 0.3 is 0 Å². The van der Waals surface area contributed by atoms with Crippen molar-refractivity contribution in [1.29, 1.82) is 0 Å². The molecule has 2 aromatic heterocycles. The Bertz CT molecular complexity index is 1100. The van der Waals surface area contributed by atoms with Gasteiger partial charge in [0.15, 0.2) is 0 Å². The molecule has 1 aliphatic rings. The molecule has 1 saturated heterocycles. The maximum Gasteiger partial charge on any atom is 0.265 e. The normalized spacial score (nSPS) is 15.3. The van der Waals surface area contributed by atoms with Crippen LogP contribution in [0.2, 0.25) is 0 Å². The molecule has 0 saturated carbocycles. The molecule has 4 rings (SSSR count). The van der Waals surface area contributed by atoms with Crippen LogP contribution in [-0.4, -0.2) is 39.8 Å². The molecule has 0 bridgehead atoms. The van der Waals surface area contributed by atoms with E-state index in [1.165, 1.54) is 16.9 Å². The van der Waals surface area contributed by atoms with Crippen molar-refractivity contribution in [2.75, 3.05) is 13.1 Å². The van der Waals surface area contributed by atoms with Crippen LogP contribution < -0.4 is 5.32 Å². The first-order valence-electron chi connectivity index (χ1n) is 11.4. The molecule has 3 heterocycles. The molecule has 1 N–H and O–H groups in total. The Morgan fingerprint density at radius 3 is 2.55 bits per heavy atom. The molecule has 172 valence electrons. The van der Waals surface area contributed by atoms with E-state index in [0.29, 0.717) is 24.5 Å². The van der Waals surface area contributed by atoms with Crippen LogP contribution >= 0.6 is 11.3 Å². The lowest BCUT2D eigenvalue weighted by Crippen LogP contribution is -2.42. The topological polar surface area (TPSA) is 75.2 Å². The number of pyridine rings is 1. The molecule has 2 amide bonds. The summed E-state index contributed by atoms with van der Waals surface area (Å²) < 4.78 is 0. The van der Waals surface area contributed by atoms with Gasteiger partial charge in [-0.2, -0.15) is 0 Å². The van der Waals surface area contributed by atoms with Crippen molar-refractivity contribution in [2.24, 2.45) is 11.8 Å². The fraction of sp³-hybridized carbons (Fsp3) is 0.385. The van der Waals surface area contributed by atoms with E-state index in [-0.39, 0.29) is 23.7 Å². The number of hydrogen-bond donors (Lipinski definition) is 1. The molecule has 1 aromatic carbocycles. The summed E-state index contributed by atoms with van der Waals surface area (Å²) in [5.41, 5.74) is 4.01. The standard InChI is InChI=1S/C26H30N4O2S/c1-17-6-8-22(9-7-17)25-29-19(3)23(33-25)26(32)30-13-10-21(11-14-30)18(2)24(31)28-16-20-5-4-12-27-15-20/h4-9,12,15,18,21H,10-11,13-14,16H2,1-3H3,(H,28,31)/t18-/m1/s1. The molecule has 1 aliphatic heterocycles. The second-order valence-electron chi connectivity index (χ2n) is 8.80. The number of aryl methyl sites for hydroxylation is 2. The molecule has 3 aromatic rings. The number of benzene rings is 1. The molecule has 0 unspecified atom stereocenters. The van der Waals surface area contributed by atoms with Crippen LogP contribution in [0.3, 0.4) is 0 Å². The zero-order valence-electron chi connectivity index (χ0n) is 19.4. The Hall–Kier alpha value is -3.06. The smallest absolute Gasteiger partial charge is 0.265 e. The number of carbonyl (C=O) groups excluding carboxylic acids is 2. The average molecular weight is 463 g/mol. The van der Waals surface area contributed by atoms with E-state index >= 15 is 0 Å². The van der Waals surface area contributed by atoms with Gasteiger partial charge in [0.25, 0.3) is 5.91 Å². The average Bonchev–Trinajstić information content (AvgIpc) is 3.24. The van der Waals surface area contributed by atoms with Crippen LogP contribution in [0.5, 0.6) is 0 Å². The zero-order chi connectivity index (χ0) is 23.4. The van der Waals surface area contributed by atoms with Gasteiger partial charge in [0.05, 0.1) is 5.69 Å².